The number of halogens is 1. The number of rotatable bonds is 2. The van der Waals surface area contributed by atoms with Crippen LogP contribution in [0, 0.1) is 5.92 Å². The molecule has 80 valence electrons. The Bertz CT molecular complexity index is 262. The summed E-state index contributed by atoms with van der Waals surface area (Å²) in [7, 11) is 0. The van der Waals surface area contributed by atoms with E-state index in [4.69, 9.17) is 0 Å². The van der Waals surface area contributed by atoms with E-state index in [9.17, 15) is 9.90 Å². The van der Waals surface area contributed by atoms with Crippen molar-refractivity contribution in [3.8, 4) is 0 Å². The smallest absolute Gasteiger partial charge is 0.239 e. The van der Waals surface area contributed by atoms with Crippen LogP contribution in [-0.2, 0) is 4.79 Å². The van der Waals surface area contributed by atoms with Gasteiger partial charge in [0.1, 0.15) is 5.60 Å². The Labute approximate surface area is 92.6 Å². The number of likely N-dealkylation sites (tertiary alicyclic amines) is 1. The van der Waals surface area contributed by atoms with Gasteiger partial charge in [0.15, 0.2) is 0 Å². The quantitative estimate of drug-likeness (QED) is 0.758. The van der Waals surface area contributed by atoms with E-state index < -0.39 is 9.93 Å². The van der Waals surface area contributed by atoms with Gasteiger partial charge in [0.2, 0.25) is 5.91 Å². The lowest BCUT2D eigenvalue weighted by atomic mass is 9.88. The van der Waals surface area contributed by atoms with Gasteiger partial charge in [0.25, 0.3) is 0 Å². The molecule has 2 fully saturated rings. The van der Waals surface area contributed by atoms with Crippen LogP contribution in [0.4, 0.5) is 0 Å². The van der Waals surface area contributed by atoms with E-state index >= 15 is 0 Å². The van der Waals surface area contributed by atoms with Crippen LogP contribution in [0.15, 0.2) is 0 Å². The van der Waals surface area contributed by atoms with Gasteiger partial charge in [0.05, 0.1) is 17.4 Å². The molecule has 1 aliphatic heterocycles. The highest BCUT2D eigenvalue weighted by Gasteiger charge is 2.54. The molecule has 14 heavy (non-hydrogen) atoms. The molecule has 1 N–H and O–H groups in total. The van der Waals surface area contributed by atoms with E-state index in [1.807, 2.05) is 13.8 Å². The van der Waals surface area contributed by atoms with Gasteiger partial charge < -0.3 is 10.0 Å². The summed E-state index contributed by atoms with van der Waals surface area (Å²) in [4.78, 5) is 13.5. The largest absolute Gasteiger partial charge is 0.386 e. The molecule has 1 aliphatic carbocycles. The molecule has 1 saturated carbocycles. The van der Waals surface area contributed by atoms with Crippen molar-refractivity contribution in [1.82, 2.24) is 4.90 Å². The van der Waals surface area contributed by atoms with Crippen molar-refractivity contribution in [1.29, 1.82) is 0 Å². The molecule has 2 rings (SSSR count). The molecule has 3 nitrogen and oxygen atoms in total. The maximum Gasteiger partial charge on any atom is 0.239 e. The van der Waals surface area contributed by atoms with Crippen LogP contribution < -0.4 is 0 Å². The highest BCUT2D eigenvalue weighted by Crippen LogP contribution is 2.45. The lowest BCUT2D eigenvalue weighted by Crippen LogP contribution is -2.66. The second-order valence-electron chi connectivity index (χ2n) is 5.01. The van der Waals surface area contributed by atoms with Gasteiger partial charge in [-0.25, -0.2) is 0 Å². The first-order chi connectivity index (χ1) is 6.33. The maximum absolute atomic E-state index is 11.7. The molecular formula is C10H16BrNO2. The molecule has 1 saturated heterocycles. The van der Waals surface area contributed by atoms with Gasteiger partial charge in [-0.2, -0.15) is 0 Å². The third-order valence-corrected chi connectivity index (χ3v) is 3.40. The molecule has 0 aromatic carbocycles. The number of aliphatic hydroxyl groups is 1. The van der Waals surface area contributed by atoms with Crippen molar-refractivity contribution in [2.75, 3.05) is 13.1 Å². The topological polar surface area (TPSA) is 40.5 Å². The van der Waals surface area contributed by atoms with E-state index in [0.29, 0.717) is 19.0 Å². The predicted molar refractivity (Wildman–Crippen MR) is 57.3 cm³/mol. The lowest BCUT2D eigenvalue weighted by molar-refractivity contribution is -0.160. The van der Waals surface area contributed by atoms with E-state index in [-0.39, 0.29) is 5.91 Å². The van der Waals surface area contributed by atoms with E-state index in [2.05, 4.69) is 15.9 Å². The fourth-order valence-corrected chi connectivity index (χ4v) is 2.26. The number of hydrogen-bond acceptors (Lipinski definition) is 2. The van der Waals surface area contributed by atoms with E-state index in [0.717, 1.165) is 12.8 Å². The fraction of sp³-hybridized carbons (Fsp3) is 0.900. The van der Waals surface area contributed by atoms with Gasteiger partial charge in [-0.15, -0.1) is 0 Å². The predicted octanol–water partition coefficient (Wildman–Crippen LogP) is 1.14. The summed E-state index contributed by atoms with van der Waals surface area (Å²) in [6, 6.07) is 0. The highest BCUT2D eigenvalue weighted by atomic mass is 79.9. The summed E-state index contributed by atoms with van der Waals surface area (Å²) in [6.45, 7) is 4.71. The third kappa shape index (κ3) is 1.70. The average molecular weight is 262 g/mol. The van der Waals surface area contributed by atoms with Gasteiger partial charge in [-0.3, -0.25) is 4.79 Å². The Hall–Kier alpha value is -0.0900. The lowest BCUT2D eigenvalue weighted by Gasteiger charge is -2.48. The first-order valence-electron chi connectivity index (χ1n) is 5.04. The summed E-state index contributed by atoms with van der Waals surface area (Å²) in [5.74, 6) is 0.521. The van der Waals surface area contributed by atoms with Crippen molar-refractivity contribution in [2.45, 2.75) is 36.6 Å². The Morgan fingerprint density at radius 2 is 2.00 bits per heavy atom. The van der Waals surface area contributed by atoms with Crippen LogP contribution in [-0.4, -0.2) is 38.9 Å². The summed E-state index contributed by atoms with van der Waals surface area (Å²) < 4.78 is -0.502. The molecule has 0 bridgehead atoms. The van der Waals surface area contributed by atoms with Crippen molar-refractivity contribution < 1.29 is 9.90 Å². The monoisotopic (exact) mass is 261 g/mol. The Morgan fingerprint density at radius 1 is 1.50 bits per heavy atom. The maximum atomic E-state index is 11.7. The molecule has 0 spiro atoms. The van der Waals surface area contributed by atoms with Gasteiger partial charge >= 0.3 is 0 Å². The first-order valence-corrected chi connectivity index (χ1v) is 5.83. The zero-order valence-corrected chi connectivity index (χ0v) is 10.2. The molecule has 0 aromatic rings. The van der Waals surface area contributed by atoms with Crippen LogP contribution in [0.1, 0.15) is 26.7 Å². The number of carbonyl (C=O) groups is 1. The number of β-amino-alcohol motifs (C(OH)–C–C–N with tert-alkyl or cyclic N) is 1. The minimum atomic E-state index is -0.562. The summed E-state index contributed by atoms with van der Waals surface area (Å²) in [5, 5.41) is 10.0. The summed E-state index contributed by atoms with van der Waals surface area (Å²) >= 11 is 3.34. The standard InChI is InChI=1S/C10H16BrNO2/c1-9(2,11)8(13)12-5-10(14,6-12)7-3-4-7/h7,14H,3-6H2,1-2H3. The van der Waals surface area contributed by atoms with E-state index in [1.165, 1.54) is 0 Å². The van der Waals surface area contributed by atoms with Gasteiger partial charge in [-0.1, -0.05) is 15.9 Å². The van der Waals surface area contributed by atoms with E-state index in [1.54, 1.807) is 4.90 Å². The Balaban J connectivity index is 1.91. The molecular weight excluding hydrogens is 246 g/mol. The number of alkyl halides is 1. The minimum absolute atomic E-state index is 0.0721. The van der Waals surface area contributed by atoms with Gasteiger partial charge in [-0.05, 0) is 32.6 Å². The number of carbonyl (C=O) groups excluding carboxylic acids is 1. The Morgan fingerprint density at radius 3 is 2.36 bits per heavy atom. The SMILES string of the molecule is CC(C)(Br)C(=O)N1CC(O)(C2CC2)C1. The number of nitrogens with zero attached hydrogens (tertiary/aromatic N) is 1. The molecule has 0 radical (unpaired) electrons. The van der Waals surface area contributed by atoms with Crippen molar-refractivity contribution in [2.24, 2.45) is 5.92 Å². The van der Waals surface area contributed by atoms with Gasteiger partial charge in [0, 0.05) is 0 Å². The first kappa shape index (κ1) is 10.4. The summed E-state index contributed by atoms with van der Waals surface area (Å²) in [6.07, 6.45) is 2.24. The molecule has 1 amide bonds. The summed E-state index contributed by atoms with van der Waals surface area (Å²) in [5.41, 5.74) is -0.562. The zero-order valence-electron chi connectivity index (χ0n) is 8.59. The normalized spacial score (nSPS) is 25.9. The van der Waals surface area contributed by atoms with Crippen molar-refractivity contribution in [3.05, 3.63) is 0 Å². The van der Waals surface area contributed by atoms with Crippen molar-refractivity contribution in [3.63, 3.8) is 0 Å². The molecule has 0 aromatic heterocycles. The molecule has 2 aliphatic rings. The average Bonchev–Trinajstić information content (AvgIpc) is 2.77. The molecule has 0 atom stereocenters. The van der Waals surface area contributed by atoms with Crippen LogP contribution in [0.25, 0.3) is 0 Å². The second-order valence-corrected chi connectivity index (χ2v) is 6.99. The molecule has 0 unspecified atom stereocenters. The van der Waals surface area contributed by atoms with Crippen LogP contribution in [0.3, 0.4) is 0 Å². The van der Waals surface area contributed by atoms with Crippen LogP contribution >= 0.6 is 15.9 Å². The number of amides is 1. The number of hydrogen-bond donors (Lipinski definition) is 1. The molecule has 4 heteroatoms. The minimum Gasteiger partial charge on any atom is -0.386 e. The van der Waals surface area contributed by atoms with Crippen LogP contribution in [0.2, 0.25) is 0 Å². The fourth-order valence-electron chi connectivity index (χ4n) is 2.01. The highest BCUT2D eigenvalue weighted by molar-refractivity contribution is 9.10. The Kier molecular flexibility index (Phi) is 2.20. The van der Waals surface area contributed by atoms with Crippen LogP contribution in [0.5, 0.6) is 0 Å². The second kappa shape index (κ2) is 2.95. The zero-order chi connectivity index (χ0) is 10.6. The molecule has 1 heterocycles. The van der Waals surface area contributed by atoms with Crippen molar-refractivity contribution >= 4 is 21.8 Å². The third-order valence-electron chi connectivity index (χ3n) is 3.06.